The van der Waals surface area contributed by atoms with Gasteiger partial charge >= 0.3 is 0 Å². The number of nitrogens with two attached hydrogens (primary N) is 1. The summed E-state index contributed by atoms with van der Waals surface area (Å²) in [5.74, 6) is 0.260. The molecule has 0 radical (unpaired) electrons. The van der Waals surface area contributed by atoms with Crippen molar-refractivity contribution < 1.29 is 0 Å². The van der Waals surface area contributed by atoms with E-state index >= 15 is 0 Å². The van der Waals surface area contributed by atoms with Gasteiger partial charge in [-0.2, -0.15) is 0 Å². The van der Waals surface area contributed by atoms with Crippen molar-refractivity contribution in [1.82, 2.24) is 0 Å². The van der Waals surface area contributed by atoms with Crippen LogP contribution in [0.25, 0.3) is 0 Å². The summed E-state index contributed by atoms with van der Waals surface area (Å²) in [5, 5.41) is 7.57. The van der Waals surface area contributed by atoms with Crippen molar-refractivity contribution in [3.8, 4) is 0 Å². The second-order valence-corrected chi connectivity index (χ2v) is 5.82. The van der Waals surface area contributed by atoms with E-state index in [0.29, 0.717) is 0 Å². The van der Waals surface area contributed by atoms with Gasteiger partial charge in [-0.25, -0.2) is 0 Å². The number of aryl methyl sites for hydroxylation is 2. The van der Waals surface area contributed by atoms with Crippen LogP contribution >= 0.6 is 0 Å². The van der Waals surface area contributed by atoms with Crippen LogP contribution in [0.4, 0.5) is 5.69 Å². The van der Waals surface area contributed by atoms with E-state index < -0.39 is 0 Å². The number of anilines is 1. The molecule has 0 aliphatic rings. The fourth-order valence-corrected chi connectivity index (χ4v) is 1.88. The summed E-state index contributed by atoms with van der Waals surface area (Å²) in [6.07, 6.45) is 0.881. The molecule has 1 aromatic rings. The first-order valence-corrected chi connectivity index (χ1v) is 6.36. The molecule has 1 rings (SSSR count). The van der Waals surface area contributed by atoms with E-state index in [-0.39, 0.29) is 11.3 Å². The molecule has 0 bridgehead atoms. The predicted octanol–water partition coefficient (Wildman–Crippen LogP) is 3.09. The molecule has 3 nitrogen and oxygen atoms in total. The van der Waals surface area contributed by atoms with Gasteiger partial charge < -0.3 is 10.6 Å². The summed E-state index contributed by atoms with van der Waals surface area (Å²) in [4.78, 5) is 2.23. The van der Waals surface area contributed by atoms with Crippen LogP contribution in [0.3, 0.4) is 0 Å². The molecule has 0 amide bonds. The summed E-state index contributed by atoms with van der Waals surface area (Å²) in [7, 11) is 2.09. The van der Waals surface area contributed by atoms with Gasteiger partial charge in [-0.1, -0.05) is 19.9 Å². The minimum atomic E-state index is -0.229. The Kier molecular flexibility index (Phi) is 4.38. The number of benzene rings is 1. The smallest absolute Gasteiger partial charge is 0.0963 e. The van der Waals surface area contributed by atoms with E-state index in [1.807, 2.05) is 13.8 Å². The van der Waals surface area contributed by atoms with Crippen LogP contribution in [0, 0.1) is 24.7 Å². The molecule has 0 aromatic heterocycles. The van der Waals surface area contributed by atoms with Crippen molar-refractivity contribution in [1.29, 1.82) is 5.41 Å². The van der Waals surface area contributed by atoms with Crippen molar-refractivity contribution in [2.45, 2.75) is 34.1 Å². The SMILES string of the molecule is Cc1cc(C)cc(N(C)CCC(C)(C)C(=N)N)c1. The Morgan fingerprint density at radius 1 is 1.22 bits per heavy atom. The summed E-state index contributed by atoms with van der Waals surface area (Å²) < 4.78 is 0. The largest absolute Gasteiger partial charge is 0.387 e. The first-order valence-electron chi connectivity index (χ1n) is 6.36. The van der Waals surface area contributed by atoms with Crippen LogP contribution in [-0.4, -0.2) is 19.4 Å². The number of nitrogens with one attached hydrogen (secondary N) is 1. The number of hydrogen-bond acceptors (Lipinski definition) is 2. The molecule has 3 N–H and O–H groups in total. The maximum absolute atomic E-state index is 7.57. The summed E-state index contributed by atoms with van der Waals surface area (Å²) in [6.45, 7) is 9.17. The van der Waals surface area contributed by atoms with E-state index in [0.717, 1.165) is 13.0 Å². The van der Waals surface area contributed by atoms with Crippen LogP contribution in [0.15, 0.2) is 18.2 Å². The topological polar surface area (TPSA) is 53.1 Å². The molecular weight excluding hydrogens is 222 g/mol. The molecule has 18 heavy (non-hydrogen) atoms. The van der Waals surface area contributed by atoms with Crippen molar-refractivity contribution in [2.24, 2.45) is 11.1 Å². The van der Waals surface area contributed by atoms with E-state index in [4.69, 9.17) is 11.1 Å². The van der Waals surface area contributed by atoms with Gasteiger partial charge in [-0.05, 0) is 43.5 Å². The van der Waals surface area contributed by atoms with Gasteiger partial charge in [0.1, 0.15) is 0 Å². The van der Waals surface area contributed by atoms with E-state index in [1.165, 1.54) is 16.8 Å². The molecule has 0 fully saturated rings. The van der Waals surface area contributed by atoms with E-state index in [2.05, 4.69) is 44.0 Å². The second kappa shape index (κ2) is 5.42. The lowest BCUT2D eigenvalue weighted by atomic mass is 9.88. The Hall–Kier alpha value is -1.51. The number of nitrogens with zero attached hydrogens (tertiary/aromatic N) is 1. The summed E-state index contributed by atoms with van der Waals surface area (Å²) in [5.41, 5.74) is 9.17. The zero-order chi connectivity index (χ0) is 13.9. The minimum Gasteiger partial charge on any atom is -0.387 e. The van der Waals surface area contributed by atoms with E-state index in [9.17, 15) is 0 Å². The highest BCUT2D eigenvalue weighted by Gasteiger charge is 2.21. The molecular formula is C15H25N3. The van der Waals surface area contributed by atoms with Crippen LogP contribution in [0.2, 0.25) is 0 Å². The maximum atomic E-state index is 7.57. The monoisotopic (exact) mass is 247 g/mol. The highest BCUT2D eigenvalue weighted by Crippen LogP contribution is 2.23. The summed E-state index contributed by atoms with van der Waals surface area (Å²) in [6, 6.07) is 6.55. The van der Waals surface area contributed by atoms with E-state index in [1.54, 1.807) is 0 Å². The Bertz CT molecular complexity index is 415. The van der Waals surface area contributed by atoms with Gasteiger partial charge in [0.25, 0.3) is 0 Å². The molecule has 0 aliphatic carbocycles. The van der Waals surface area contributed by atoms with Crippen LogP contribution in [-0.2, 0) is 0 Å². The molecule has 0 saturated heterocycles. The number of rotatable bonds is 5. The lowest BCUT2D eigenvalue weighted by Gasteiger charge is -2.27. The van der Waals surface area contributed by atoms with Gasteiger partial charge in [0.05, 0.1) is 5.84 Å². The highest BCUT2D eigenvalue weighted by atomic mass is 15.1. The molecule has 0 aliphatic heterocycles. The zero-order valence-corrected chi connectivity index (χ0v) is 12.2. The van der Waals surface area contributed by atoms with Gasteiger partial charge in [0, 0.05) is 24.7 Å². The third-order valence-corrected chi connectivity index (χ3v) is 3.45. The quantitative estimate of drug-likeness (QED) is 0.620. The molecule has 100 valence electrons. The molecule has 0 saturated carbocycles. The first kappa shape index (κ1) is 14.6. The average Bonchev–Trinajstić information content (AvgIpc) is 2.24. The van der Waals surface area contributed by atoms with Crippen molar-refractivity contribution in [2.75, 3.05) is 18.5 Å². The molecule has 0 unspecified atom stereocenters. The van der Waals surface area contributed by atoms with Crippen LogP contribution in [0.5, 0.6) is 0 Å². The van der Waals surface area contributed by atoms with Gasteiger partial charge in [0.2, 0.25) is 0 Å². The molecule has 0 atom stereocenters. The van der Waals surface area contributed by atoms with Gasteiger partial charge in [-0.3, -0.25) is 5.41 Å². The molecule has 1 aromatic carbocycles. The Labute approximate surface area is 111 Å². The average molecular weight is 247 g/mol. The third kappa shape index (κ3) is 3.76. The standard InChI is InChI=1S/C15H25N3/c1-11-8-12(2)10-13(9-11)18(5)7-6-15(3,4)14(16)17/h8-10H,6-7H2,1-5H3,(H3,16,17). The second-order valence-electron chi connectivity index (χ2n) is 5.82. The molecule has 0 heterocycles. The number of amidine groups is 1. The molecule has 0 spiro atoms. The third-order valence-electron chi connectivity index (χ3n) is 3.45. The lowest BCUT2D eigenvalue weighted by Crippen LogP contribution is -2.34. The molecule has 3 heteroatoms. The predicted molar refractivity (Wildman–Crippen MR) is 79.5 cm³/mol. The van der Waals surface area contributed by atoms with Crippen molar-refractivity contribution in [3.63, 3.8) is 0 Å². The van der Waals surface area contributed by atoms with Gasteiger partial charge in [0.15, 0.2) is 0 Å². The highest BCUT2D eigenvalue weighted by molar-refractivity contribution is 5.82. The Morgan fingerprint density at radius 3 is 2.17 bits per heavy atom. The Morgan fingerprint density at radius 2 is 1.72 bits per heavy atom. The van der Waals surface area contributed by atoms with Crippen molar-refractivity contribution >= 4 is 11.5 Å². The summed E-state index contributed by atoms with van der Waals surface area (Å²) >= 11 is 0. The van der Waals surface area contributed by atoms with Crippen LogP contribution < -0.4 is 10.6 Å². The Balaban J connectivity index is 2.71. The first-order chi connectivity index (χ1) is 8.22. The van der Waals surface area contributed by atoms with Crippen molar-refractivity contribution in [3.05, 3.63) is 29.3 Å². The van der Waals surface area contributed by atoms with Crippen LogP contribution in [0.1, 0.15) is 31.4 Å². The maximum Gasteiger partial charge on any atom is 0.0963 e. The zero-order valence-electron chi connectivity index (χ0n) is 12.2. The number of hydrogen-bond donors (Lipinski definition) is 2. The normalized spacial score (nSPS) is 11.4. The van der Waals surface area contributed by atoms with Gasteiger partial charge in [-0.15, -0.1) is 0 Å². The fraction of sp³-hybridized carbons (Fsp3) is 0.533. The lowest BCUT2D eigenvalue weighted by molar-refractivity contribution is 0.471. The minimum absolute atomic E-state index is 0.229. The fourth-order valence-electron chi connectivity index (χ4n) is 1.88.